The molecule has 1 rings (SSSR count). The highest BCUT2D eigenvalue weighted by molar-refractivity contribution is 7.96. The van der Waals surface area contributed by atoms with Crippen molar-refractivity contribution in [2.24, 2.45) is 0 Å². The van der Waals surface area contributed by atoms with E-state index < -0.39 is 0 Å². The zero-order chi connectivity index (χ0) is 9.68. The Balaban J connectivity index is 2.78. The Morgan fingerprint density at radius 2 is 2.08 bits per heavy atom. The molecule has 0 aromatic heterocycles. The Kier molecular flexibility index (Phi) is 4.50. The molecule has 0 fully saturated rings. The van der Waals surface area contributed by atoms with Crippen LogP contribution in [0.1, 0.15) is 11.6 Å². The normalized spacial score (nSPS) is 12.8. The molecule has 13 heavy (non-hydrogen) atoms. The van der Waals surface area contributed by atoms with Gasteiger partial charge >= 0.3 is 0 Å². The molecule has 0 aliphatic carbocycles. The molecule has 3 heteroatoms. The predicted octanol–water partition coefficient (Wildman–Crippen LogP) is 2.50. The summed E-state index contributed by atoms with van der Waals surface area (Å²) in [7, 11) is 1.96. The summed E-state index contributed by atoms with van der Waals surface area (Å²) in [5, 5.41) is 4.03. The highest BCUT2D eigenvalue weighted by Crippen LogP contribution is 2.17. The van der Waals surface area contributed by atoms with Crippen LogP contribution in [0.3, 0.4) is 0 Å². The third-order valence-electron chi connectivity index (χ3n) is 1.93. The average molecular weight is 216 g/mol. The molecule has 1 unspecified atom stereocenters. The van der Waals surface area contributed by atoms with Gasteiger partial charge in [-0.15, -0.1) is 0 Å². The van der Waals surface area contributed by atoms with Gasteiger partial charge in [0.1, 0.15) is 0 Å². The SMILES string of the molecule is C=[SH]CC(NC)c1ccc(Cl)cc1. The summed E-state index contributed by atoms with van der Waals surface area (Å²) in [4.78, 5) is 0. The Bertz CT molecular complexity index is 271. The predicted molar refractivity (Wildman–Crippen MR) is 64.2 cm³/mol. The largest absolute Gasteiger partial charge is 0.312 e. The lowest BCUT2D eigenvalue weighted by Gasteiger charge is -2.14. The third-order valence-corrected chi connectivity index (χ3v) is 2.81. The van der Waals surface area contributed by atoms with Crippen LogP contribution in [0.5, 0.6) is 0 Å². The molecular weight excluding hydrogens is 202 g/mol. The number of nitrogens with one attached hydrogen (secondary N) is 1. The summed E-state index contributed by atoms with van der Waals surface area (Å²) < 4.78 is 0. The lowest BCUT2D eigenvalue weighted by molar-refractivity contribution is 0.663. The lowest BCUT2D eigenvalue weighted by atomic mass is 10.1. The highest BCUT2D eigenvalue weighted by atomic mass is 35.5. The van der Waals surface area contributed by atoms with Crippen LogP contribution in [-0.2, 0) is 0 Å². The molecule has 0 aliphatic rings. The van der Waals surface area contributed by atoms with Gasteiger partial charge in [-0.3, -0.25) is 0 Å². The minimum atomic E-state index is 0.386. The van der Waals surface area contributed by atoms with Crippen molar-refractivity contribution < 1.29 is 0 Å². The van der Waals surface area contributed by atoms with Crippen molar-refractivity contribution in [3.8, 4) is 0 Å². The van der Waals surface area contributed by atoms with Gasteiger partial charge in [0.2, 0.25) is 0 Å². The summed E-state index contributed by atoms with van der Waals surface area (Å²) in [6, 6.07) is 8.32. The van der Waals surface area contributed by atoms with Crippen LogP contribution in [-0.4, -0.2) is 18.7 Å². The zero-order valence-electron chi connectivity index (χ0n) is 7.63. The van der Waals surface area contributed by atoms with Gasteiger partial charge in [-0.2, -0.15) is 0 Å². The smallest absolute Gasteiger partial charge is 0.0406 e. The quantitative estimate of drug-likeness (QED) is 0.581. The second kappa shape index (κ2) is 5.43. The molecule has 0 saturated heterocycles. The Morgan fingerprint density at radius 1 is 1.46 bits per heavy atom. The van der Waals surface area contributed by atoms with E-state index >= 15 is 0 Å². The van der Waals surface area contributed by atoms with Gasteiger partial charge in [0.05, 0.1) is 0 Å². The summed E-state index contributed by atoms with van der Waals surface area (Å²) in [5.74, 6) is 4.85. The van der Waals surface area contributed by atoms with Gasteiger partial charge in [-0.25, -0.2) is 11.4 Å². The number of hydrogen-bond acceptors (Lipinski definition) is 1. The molecule has 1 aromatic carbocycles. The summed E-state index contributed by atoms with van der Waals surface area (Å²) in [6.07, 6.45) is 0. The molecule has 0 radical (unpaired) electrons. The molecule has 0 spiro atoms. The fourth-order valence-electron chi connectivity index (χ4n) is 1.19. The molecule has 0 saturated carbocycles. The van der Waals surface area contributed by atoms with E-state index in [1.807, 2.05) is 19.2 Å². The van der Waals surface area contributed by atoms with Gasteiger partial charge in [0.25, 0.3) is 0 Å². The molecule has 0 bridgehead atoms. The number of rotatable bonds is 4. The second-order valence-corrected chi connectivity index (χ2v) is 4.05. The molecule has 1 N–H and O–H groups in total. The maximum absolute atomic E-state index is 5.80. The fourth-order valence-corrected chi connectivity index (χ4v) is 1.97. The van der Waals surface area contributed by atoms with Crippen molar-refractivity contribution >= 4 is 28.8 Å². The molecular formula is C10H14ClNS. The maximum atomic E-state index is 5.80. The van der Waals surface area contributed by atoms with Crippen molar-refractivity contribution in [1.82, 2.24) is 5.32 Å². The molecule has 0 heterocycles. The fraction of sp³-hybridized carbons (Fsp3) is 0.300. The van der Waals surface area contributed by atoms with Crippen LogP contribution in [0.25, 0.3) is 0 Å². The summed E-state index contributed by atoms with van der Waals surface area (Å²) in [5.41, 5.74) is 1.27. The van der Waals surface area contributed by atoms with Crippen molar-refractivity contribution in [2.75, 3.05) is 12.8 Å². The minimum Gasteiger partial charge on any atom is -0.312 e. The molecule has 1 nitrogen and oxygen atoms in total. The minimum absolute atomic E-state index is 0.386. The molecule has 0 amide bonds. The van der Waals surface area contributed by atoms with E-state index in [4.69, 9.17) is 11.6 Å². The van der Waals surface area contributed by atoms with Crippen LogP contribution in [0.15, 0.2) is 24.3 Å². The maximum Gasteiger partial charge on any atom is 0.0406 e. The van der Waals surface area contributed by atoms with Crippen LogP contribution in [0, 0.1) is 0 Å². The van der Waals surface area contributed by atoms with E-state index in [1.54, 1.807) is 0 Å². The van der Waals surface area contributed by atoms with Gasteiger partial charge in [-0.05, 0) is 24.7 Å². The van der Waals surface area contributed by atoms with Gasteiger partial charge in [0.15, 0.2) is 0 Å². The van der Waals surface area contributed by atoms with Gasteiger partial charge < -0.3 is 5.32 Å². The average Bonchev–Trinajstić information content (AvgIpc) is 2.16. The van der Waals surface area contributed by atoms with Crippen LogP contribution in [0.2, 0.25) is 5.02 Å². The summed E-state index contributed by atoms with van der Waals surface area (Å²) >= 11 is 6.96. The monoisotopic (exact) mass is 215 g/mol. The number of halogens is 1. The first-order valence-corrected chi connectivity index (χ1v) is 5.77. The van der Waals surface area contributed by atoms with Gasteiger partial charge in [0, 0.05) is 16.8 Å². The van der Waals surface area contributed by atoms with Crippen LogP contribution in [0.4, 0.5) is 0 Å². The van der Waals surface area contributed by atoms with Gasteiger partial charge in [-0.1, -0.05) is 29.6 Å². The summed E-state index contributed by atoms with van der Waals surface area (Å²) in [6.45, 7) is 0. The number of benzene rings is 1. The molecule has 1 atom stereocenters. The van der Waals surface area contributed by atoms with E-state index in [2.05, 4.69) is 23.3 Å². The Labute approximate surface area is 88.1 Å². The number of thiol groups is 1. The molecule has 72 valence electrons. The number of hydrogen-bond donors (Lipinski definition) is 2. The molecule has 1 aromatic rings. The Hall–Kier alpha value is -0.310. The van der Waals surface area contributed by atoms with E-state index in [-0.39, 0.29) is 0 Å². The van der Waals surface area contributed by atoms with Crippen LogP contribution < -0.4 is 5.32 Å². The van der Waals surface area contributed by atoms with E-state index in [9.17, 15) is 0 Å². The Morgan fingerprint density at radius 3 is 2.54 bits per heavy atom. The third kappa shape index (κ3) is 3.14. The van der Waals surface area contributed by atoms with Crippen molar-refractivity contribution in [1.29, 1.82) is 0 Å². The van der Waals surface area contributed by atoms with Crippen molar-refractivity contribution in [2.45, 2.75) is 6.04 Å². The first-order valence-electron chi connectivity index (χ1n) is 4.13. The lowest BCUT2D eigenvalue weighted by Crippen LogP contribution is -2.17. The van der Waals surface area contributed by atoms with Crippen LogP contribution >= 0.6 is 23.0 Å². The van der Waals surface area contributed by atoms with Crippen molar-refractivity contribution in [3.63, 3.8) is 0 Å². The first kappa shape index (κ1) is 10.8. The van der Waals surface area contributed by atoms with E-state index in [1.165, 1.54) is 5.56 Å². The highest BCUT2D eigenvalue weighted by Gasteiger charge is 2.05. The zero-order valence-corrected chi connectivity index (χ0v) is 9.28. The topological polar surface area (TPSA) is 12.0 Å². The standard InChI is InChI=1S/C10H14ClNS/c1-12-10(7-13-2)8-3-5-9(11)6-4-8/h3-6,10,12-13H,2,7H2,1H3. The van der Waals surface area contributed by atoms with E-state index in [0.717, 1.165) is 22.1 Å². The van der Waals surface area contributed by atoms with Crippen molar-refractivity contribution in [3.05, 3.63) is 34.9 Å². The molecule has 0 aliphatic heterocycles. The van der Waals surface area contributed by atoms with E-state index in [0.29, 0.717) is 6.04 Å². The first-order chi connectivity index (χ1) is 6.27. The second-order valence-electron chi connectivity index (χ2n) is 2.80.